The van der Waals surface area contributed by atoms with Gasteiger partial charge in [0.15, 0.2) is 4.67 Å². The number of nitrogens with one attached hydrogen (secondary N) is 1. The highest BCUT2D eigenvalue weighted by Crippen LogP contribution is 2.54. The van der Waals surface area contributed by atoms with Gasteiger partial charge in [-0.2, -0.15) is 0 Å². The van der Waals surface area contributed by atoms with E-state index in [0.29, 0.717) is 4.67 Å². The lowest BCUT2D eigenvalue weighted by molar-refractivity contribution is -0.383. The zero-order chi connectivity index (χ0) is 22.6. The van der Waals surface area contributed by atoms with Crippen molar-refractivity contribution in [3.05, 3.63) is 69.1 Å². The highest BCUT2D eigenvalue weighted by atomic mass is 79.9. The fraction of sp³-hybridized carbons (Fsp3) is 0.318. The zero-order valence-corrected chi connectivity index (χ0v) is 18.2. The monoisotopic (exact) mass is 499 g/mol. The van der Waals surface area contributed by atoms with E-state index < -0.39 is 28.7 Å². The average molecular weight is 500 g/mol. The Balaban J connectivity index is 1.43. The van der Waals surface area contributed by atoms with Crippen LogP contribution in [0, 0.1) is 33.8 Å². The first-order valence-corrected chi connectivity index (χ1v) is 11.0. The van der Waals surface area contributed by atoms with Gasteiger partial charge in [0.2, 0.25) is 17.7 Å². The van der Waals surface area contributed by atoms with Crippen molar-refractivity contribution in [1.82, 2.24) is 4.90 Å². The van der Waals surface area contributed by atoms with Crippen molar-refractivity contribution < 1.29 is 23.7 Å². The molecule has 1 saturated heterocycles. The van der Waals surface area contributed by atoms with Gasteiger partial charge in [-0.1, -0.05) is 24.3 Å². The molecule has 32 heavy (non-hydrogen) atoms. The van der Waals surface area contributed by atoms with Gasteiger partial charge in [-0.15, -0.1) is 0 Å². The number of hydrogen-bond acceptors (Lipinski definition) is 6. The first-order chi connectivity index (χ1) is 15.3. The number of furan rings is 1. The minimum absolute atomic E-state index is 0.0382. The molecule has 1 aliphatic heterocycles. The number of rotatable bonds is 6. The number of allylic oxidation sites excluding steroid dienone is 2. The quantitative estimate of drug-likeness (QED) is 0.279. The highest BCUT2D eigenvalue weighted by molar-refractivity contribution is 9.10. The summed E-state index contributed by atoms with van der Waals surface area (Å²) in [5, 5.41) is 13.8. The van der Waals surface area contributed by atoms with Crippen LogP contribution in [-0.2, 0) is 14.4 Å². The van der Waals surface area contributed by atoms with Gasteiger partial charge >= 0.3 is 0 Å². The van der Waals surface area contributed by atoms with E-state index in [-0.39, 0.29) is 47.2 Å². The minimum atomic E-state index is -0.950. The second-order valence-corrected chi connectivity index (χ2v) is 9.01. The third kappa shape index (κ3) is 3.26. The van der Waals surface area contributed by atoms with E-state index in [1.807, 2.05) is 12.2 Å². The third-order valence-electron chi connectivity index (χ3n) is 6.49. The van der Waals surface area contributed by atoms with Crippen LogP contribution in [0.2, 0.25) is 0 Å². The van der Waals surface area contributed by atoms with Crippen LogP contribution < -0.4 is 5.32 Å². The Hall–Kier alpha value is -3.27. The molecule has 10 heteroatoms. The van der Waals surface area contributed by atoms with Gasteiger partial charge in [0.25, 0.3) is 5.69 Å². The van der Waals surface area contributed by atoms with Crippen LogP contribution in [0.15, 0.2) is 57.6 Å². The maximum absolute atomic E-state index is 13.3. The molecule has 5 rings (SSSR count). The second-order valence-electron chi connectivity index (χ2n) is 8.23. The number of halogens is 1. The molecule has 1 saturated carbocycles. The number of carbonyl (C=O) groups is 3. The molecule has 3 aliphatic rings. The Morgan fingerprint density at radius 3 is 2.41 bits per heavy atom. The van der Waals surface area contributed by atoms with Crippen LogP contribution in [0.5, 0.6) is 0 Å². The van der Waals surface area contributed by atoms with Crippen molar-refractivity contribution in [2.45, 2.75) is 18.9 Å². The molecular formula is C22H18BrN3O6. The standard InChI is InChI=1S/C22H18BrN3O6/c23-17-8-7-16(32-17)15(10-18(27)24-13-3-1-2-4-14(13)26(30)31)25-21(28)19-11-5-6-12(9-11)20(19)22(25)29/h1-8,11-12,15,19-20H,9-10H2,(H,24,27). The van der Waals surface area contributed by atoms with E-state index in [9.17, 15) is 24.5 Å². The SMILES string of the molecule is O=C(CC(c1ccc(Br)o1)N1C(=O)C2C3C=CC(C3)C2C1=O)Nc1ccccc1[N+](=O)[O-]. The highest BCUT2D eigenvalue weighted by Gasteiger charge is 2.60. The van der Waals surface area contributed by atoms with Crippen molar-refractivity contribution in [2.75, 3.05) is 5.32 Å². The van der Waals surface area contributed by atoms with E-state index in [0.717, 1.165) is 11.3 Å². The third-order valence-corrected chi connectivity index (χ3v) is 6.92. The lowest BCUT2D eigenvalue weighted by Crippen LogP contribution is -2.38. The van der Waals surface area contributed by atoms with Gasteiger partial charge in [-0.3, -0.25) is 29.4 Å². The van der Waals surface area contributed by atoms with Crippen LogP contribution >= 0.6 is 15.9 Å². The normalized spacial score (nSPS) is 26.5. The summed E-state index contributed by atoms with van der Waals surface area (Å²) in [5.41, 5.74) is -0.205. The Bertz CT molecular complexity index is 1140. The van der Waals surface area contributed by atoms with Crippen LogP contribution in [-0.4, -0.2) is 27.5 Å². The number of amides is 3. The summed E-state index contributed by atoms with van der Waals surface area (Å²) in [7, 11) is 0. The largest absolute Gasteiger partial charge is 0.452 e. The Morgan fingerprint density at radius 1 is 1.16 bits per heavy atom. The van der Waals surface area contributed by atoms with Gasteiger partial charge in [0, 0.05) is 6.07 Å². The van der Waals surface area contributed by atoms with Gasteiger partial charge in [0.1, 0.15) is 17.5 Å². The summed E-state index contributed by atoms with van der Waals surface area (Å²) >= 11 is 3.22. The smallest absolute Gasteiger partial charge is 0.292 e. The summed E-state index contributed by atoms with van der Waals surface area (Å²) in [6.07, 6.45) is 4.52. The van der Waals surface area contributed by atoms with E-state index in [2.05, 4.69) is 21.2 Å². The molecule has 164 valence electrons. The van der Waals surface area contributed by atoms with Crippen LogP contribution in [0.3, 0.4) is 0 Å². The maximum atomic E-state index is 13.3. The van der Waals surface area contributed by atoms with E-state index in [1.54, 1.807) is 18.2 Å². The molecule has 5 atom stereocenters. The molecule has 5 unspecified atom stereocenters. The van der Waals surface area contributed by atoms with E-state index >= 15 is 0 Å². The van der Waals surface area contributed by atoms with Crippen LogP contribution in [0.25, 0.3) is 0 Å². The Labute approximate surface area is 190 Å². The number of carbonyl (C=O) groups excluding carboxylic acids is 3. The molecule has 1 aromatic carbocycles. The first kappa shape index (κ1) is 20.6. The lowest BCUT2D eigenvalue weighted by Gasteiger charge is -2.26. The molecule has 2 aromatic rings. The Morgan fingerprint density at radius 2 is 1.81 bits per heavy atom. The van der Waals surface area contributed by atoms with Crippen molar-refractivity contribution in [1.29, 1.82) is 0 Å². The molecule has 0 spiro atoms. The summed E-state index contributed by atoms with van der Waals surface area (Å²) in [4.78, 5) is 51.3. The predicted octanol–water partition coefficient (Wildman–Crippen LogP) is 3.83. The van der Waals surface area contributed by atoms with Crippen LogP contribution in [0.4, 0.5) is 11.4 Å². The molecule has 2 fully saturated rings. The van der Waals surface area contributed by atoms with Gasteiger partial charge in [0.05, 0.1) is 23.2 Å². The number of para-hydroxylation sites is 2. The fourth-order valence-electron chi connectivity index (χ4n) is 5.17. The summed E-state index contributed by atoms with van der Waals surface area (Å²) in [5.74, 6) is -1.62. The molecule has 2 bridgehead atoms. The molecule has 1 aromatic heterocycles. The molecule has 9 nitrogen and oxygen atoms in total. The van der Waals surface area contributed by atoms with Crippen molar-refractivity contribution >= 4 is 45.0 Å². The first-order valence-electron chi connectivity index (χ1n) is 10.2. The number of benzene rings is 1. The van der Waals surface area contributed by atoms with Crippen molar-refractivity contribution in [3.63, 3.8) is 0 Å². The fourth-order valence-corrected chi connectivity index (χ4v) is 5.49. The average Bonchev–Trinajstić information content (AvgIpc) is 3.52. The van der Waals surface area contributed by atoms with Crippen molar-refractivity contribution in [3.8, 4) is 0 Å². The summed E-state index contributed by atoms with van der Waals surface area (Å²) in [6, 6.07) is 8.06. The number of imide groups is 1. The molecule has 2 heterocycles. The van der Waals surface area contributed by atoms with Gasteiger partial charge in [-0.25, -0.2) is 0 Å². The summed E-state index contributed by atoms with van der Waals surface area (Å²) < 4.78 is 6.03. The summed E-state index contributed by atoms with van der Waals surface area (Å²) in [6.45, 7) is 0. The Kier molecular flexibility index (Phi) is 4.96. The second kappa shape index (κ2) is 7.70. The topological polar surface area (TPSA) is 123 Å². The predicted molar refractivity (Wildman–Crippen MR) is 115 cm³/mol. The van der Waals surface area contributed by atoms with Crippen LogP contribution in [0.1, 0.15) is 24.6 Å². The maximum Gasteiger partial charge on any atom is 0.292 e. The van der Waals surface area contributed by atoms with Gasteiger partial charge in [-0.05, 0) is 52.4 Å². The molecular weight excluding hydrogens is 482 g/mol. The van der Waals surface area contributed by atoms with E-state index in [1.165, 1.54) is 18.2 Å². The molecule has 0 radical (unpaired) electrons. The number of fused-ring (bicyclic) bond motifs is 5. The number of nitro benzene ring substituents is 1. The van der Waals surface area contributed by atoms with Crippen molar-refractivity contribution in [2.24, 2.45) is 23.7 Å². The number of anilines is 1. The minimum Gasteiger partial charge on any atom is -0.452 e. The number of hydrogen-bond donors (Lipinski definition) is 1. The lowest BCUT2D eigenvalue weighted by atomic mass is 9.85. The molecule has 1 N–H and O–H groups in total. The number of nitrogens with zero attached hydrogens (tertiary/aromatic N) is 2. The molecule has 2 aliphatic carbocycles. The zero-order valence-electron chi connectivity index (χ0n) is 16.6. The molecule has 3 amide bonds. The number of likely N-dealkylation sites (tertiary alicyclic amines) is 1. The number of nitro groups is 1. The van der Waals surface area contributed by atoms with E-state index in [4.69, 9.17) is 4.42 Å². The van der Waals surface area contributed by atoms with Gasteiger partial charge < -0.3 is 9.73 Å².